The fraction of sp³-hybridized carbons (Fsp3) is 0.250. The first-order valence-electron chi connectivity index (χ1n) is 7.18. The molecule has 5 nitrogen and oxygen atoms in total. The number of hydrogen-bond donors (Lipinski definition) is 0. The van der Waals surface area contributed by atoms with E-state index in [4.69, 9.17) is 0 Å². The number of anilines is 1. The van der Waals surface area contributed by atoms with Crippen molar-refractivity contribution in [1.29, 1.82) is 0 Å². The van der Waals surface area contributed by atoms with Crippen molar-refractivity contribution in [2.75, 3.05) is 17.2 Å². The van der Waals surface area contributed by atoms with Crippen molar-refractivity contribution >= 4 is 26.6 Å². The molecule has 0 radical (unpaired) electrons. The van der Waals surface area contributed by atoms with Crippen LogP contribution in [-0.2, 0) is 20.9 Å². The molecule has 122 valence electrons. The fourth-order valence-electron chi connectivity index (χ4n) is 2.85. The Kier molecular flexibility index (Phi) is 4.27. The molecule has 3 rings (SSSR count). The van der Waals surface area contributed by atoms with E-state index in [1.807, 2.05) is 24.0 Å². The van der Waals surface area contributed by atoms with Gasteiger partial charge in [-0.1, -0.05) is 24.3 Å². The minimum atomic E-state index is -3.23. The average molecular weight is 350 g/mol. The molecule has 0 saturated carbocycles. The molecule has 2 atom stereocenters. The summed E-state index contributed by atoms with van der Waals surface area (Å²) in [6.07, 6.45) is 0. The van der Waals surface area contributed by atoms with Crippen LogP contribution in [0, 0.1) is 0 Å². The van der Waals surface area contributed by atoms with Crippen molar-refractivity contribution in [1.82, 2.24) is 0 Å². The van der Waals surface area contributed by atoms with Gasteiger partial charge in [0.25, 0.3) is 0 Å². The number of benzene rings is 2. The van der Waals surface area contributed by atoms with Crippen LogP contribution >= 0.6 is 0 Å². The molecule has 23 heavy (non-hydrogen) atoms. The van der Waals surface area contributed by atoms with Crippen molar-refractivity contribution in [3.63, 3.8) is 0 Å². The minimum Gasteiger partial charge on any atom is -0.768 e. The summed E-state index contributed by atoms with van der Waals surface area (Å²) in [5, 5.41) is 0. The van der Waals surface area contributed by atoms with Gasteiger partial charge in [-0.2, -0.15) is 0 Å². The zero-order valence-electron chi connectivity index (χ0n) is 12.5. The van der Waals surface area contributed by atoms with Crippen LogP contribution in [0.15, 0.2) is 58.3 Å². The molecule has 2 unspecified atom stereocenters. The van der Waals surface area contributed by atoms with Crippen LogP contribution < -0.4 is 4.90 Å². The molecule has 0 fully saturated rings. The second-order valence-electron chi connectivity index (χ2n) is 5.46. The lowest BCUT2D eigenvalue weighted by molar-refractivity contribution is 0.537. The van der Waals surface area contributed by atoms with Gasteiger partial charge in [0.15, 0.2) is 9.84 Å². The lowest BCUT2D eigenvalue weighted by Gasteiger charge is -2.36. The van der Waals surface area contributed by atoms with E-state index in [1.54, 1.807) is 36.4 Å². The standard InChI is InChI=1S/C16H17NO4S2/c1-12(13-6-8-14(9-7-13)22(18)19)17-10-11-23(20,21)16-5-3-2-4-15(16)17/h2-9,12H,10-11H2,1H3,(H,18,19)/p-1. The summed E-state index contributed by atoms with van der Waals surface area (Å²) in [5.74, 6) is 0.0804. The third-order valence-corrected chi connectivity index (χ3v) is 6.53. The van der Waals surface area contributed by atoms with Gasteiger partial charge < -0.3 is 9.45 Å². The van der Waals surface area contributed by atoms with Crippen LogP contribution in [0.1, 0.15) is 18.5 Å². The van der Waals surface area contributed by atoms with Crippen molar-refractivity contribution < 1.29 is 17.2 Å². The molecular weight excluding hydrogens is 334 g/mol. The van der Waals surface area contributed by atoms with E-state index in [1.165, 1.54) is 0 Å². The first kappa shape index (κ1) is 16.2. The van der Waals surface area contributed by atoms with E-state index in [-0.39, 0.29) is 16.7 Å². The van der Waals surface area contributed by atoms with Crippen LogP contribution in [-0.4, -0.2) is 29.5 Å². The average Bonchev–Trinajstić information content (AvgIpc) is 2.55. The molecule has 0 saturated heterocycles. The van der Waals surface area contributed by atoms with E-state index in [0.29, 0.717) is 17.1 Å². The quantitative estimate of drug-likeness (QED) is 0.794. The smallest absolute Gasteiger partial charge is 0.182 e. The van der Waals surface area contributed by atoms with E-state index in [9.17, 15) is 17.2 Å². The number of fused-ring (bicyclic) bond motifs is 1. The molecule has 7 heteroatoms. The fourth-order valence-corrected chi connectivity index (χ4v) is 4.65. The number of hydrogen-bond acceptors (Lipinski definition) is 5. The van der Waals surface area contributed by atoms with Crippen LogP contribution in [0.4, 0.5) is 5.69 Å². The SMILES string of the molecule is CC(c1ccc(S(=O)[O-])cc1)N1CCS(=O)(=O)c2ccccc21. The molecular formula is C16H16NO4S2-. The zero-order chi connectivity index (χ0) is 16.6. The Morgan fingerprint density at radius 1 is 1.13 bits per heavy atom. The molecule has 1 aliphatic heterocycles. The summed E-state index contributed by atoms with van der Waals surface area (Å²) in [5.41, 5.74) is 1.64. The molecule has 1 heterocycles. The Hall–Kier alpha value is -1.70. The van der Waals surface area contributed by atoms with Crippen molar-refractivity contribution in [2.45, 2.75) is 22.8 Å². The highest BCUT2D eigenvalue weighted by Crippen LogP contribution is 2.35. The highest BCUT2D eigenvalue weighted by molar-refractivity contribution is 7.91. The second-order valence-corrected chi connectivity index (χ2v) is 8.48. The third kappa shape index (κ3) is 3.04. The number of rotatable bonds is 3. The minimum absolute atomic E-state index is 0.0548. The predicted molar refractivity (Wildman–Crippen MR) is 87.9 cm³/mol. The Bertz CT molecular complexity index is 847. The maximum absolute atomic E-state index is 12.2. The van der Waals surface area contributed by atoms with Gasteiger partial charge in [-0.05, 0) is 47.8 Å². The lowest BCUT2D eigenvalue weighted by atomic mass is 10.1. The van der Waals surface area contributed by atoms with Crippen LogP contribution in [0.25, 0.3) is 0 Å². The van der Waals surface area contributed by atoms with Gasteiger partial charge in [0.1, 0.15) is 0 Å². The molecule has 0 N–H and O–H groups in total. The maximum atomic E-state index is 12.2. The van der Waals surface area contributed by atoms with E-state index < -0.39 is 20.9 Å². The van der Waals surface area contributed by atoms with Gasteiger partial charge in [-0.25, -0.2) is 8.42 Å². The van der Waals surface area contributed by atoms with Gasteiger partial charge in [-0.15, -0.1) is 0 Å². The first-order valence-corrected chi connectivity index (χ1v) is 9.90. The first-order chi connectivity index (χ1) is 10.9. The summed E-state index contributed by atoms with van der Waals surface area (Å²) >= 11 is -2.24. The molecule has 2 aromatic rings. The topological polar surface area (TPSA) is 77.5 Å². The van der Waals surface area contributed by atoms with Crippen LogP contribution in [0.5, 0.6) is 0 Å². The van der Waals surface area contributed by atoms with Crippen molar-refractivity contribution in [3.8, 4) is 0 Å². The monoisotopic (exact) mass is 350 g/mol. The highest BCUT2D eigenvalue weighted by Gasteiger charge is 2.30. The third-order valence-electron chi connectivity index (χ3n) is 4.13. The van der Waals surface area contributed by atoms with Gasteiger partial charge in [0.05, 0.1) is 22.4 Å². The largest absolute Gasteiger partial charge is 0.768 e. The summed E-state index contributed by atoms with van der Waals surface area (Å²) in [4.78, 5) is 2.64. The summed E-state index contributed by atoms with van der Waals surface area (Å²) in [6.45, 7) is 2.40. The van der Waals surface area contributed by atoms with Crippen LogP contribution in [0.3, 0.4) is 0 Å². The Labute approximate surface area is 138 Å². The predicted octanol–water partition coefficient (Wildman–Crippen LogP) is 2.28. The molecule has 0 spiro atoms. The summed E-state index contributed by atoms with van der Waals surface area (Å²) in [6, 6.07) is 13.6. The summed E-state index contributed by atoms with van der Waals surface area (Å²) in [7, 11) is -3.23. The van der Waals surface area contributed by atoms with Crippen molar-refractivity contribution in [2.24, 2.45) is 0 Å². The van der Waals surface area contributed by atoms with Gasteiger partial charge in [0, 0.05) is 11.4 Å². The van der Waals surface area contributed by atoms with Gasteiger partial charge in [-0.3, -0.25) is 4.21 Å². The molecule has 2 aromatic carbocycles. The Morgan fingerprint density at radius 3 is 2.43 bits per heavy atom. The molecule has 1 aliphatic rings. The van der Waals surface area contributed by atoms with Gasteiger partial charge in [0.2, 0.25) is 0 Å². The Morgan fingerprint density at radius 2 is 1.78 bits per heavy atom. The Balaban J connectivity index is 1.97. The van der Waals surface area contributed by atoms with E-state index in [2.05, 4.69) is 0 Å². The van der Waals surface area contributed by atoms with Crippen LogP contribution in [0.2, 0.25) is 0 Å². The second kappa shape index (κ2) is 6.07. The number of nitrogens with zero attached hydrogens (tertiary/aromatic N) is 1. The highest BCUT2D eigenvalue weighted by atomic mass is 32.2. The zero-order valence-corrected chi connectivity index (χ0v) is 14.1. The summed E-state index contributed by atoms with van der Waals surface area (Å²) < 4.78 is 46.3. The maximum Gasteiger partial charge on any atom is 0.182 e. The normalized spacial score (nSPS) is 19.0. The lowest BCUT2D eigenvalue weighted by Crippen LogP contribution is -2.37. The molecule has 0 aliphatic carbocycles. The molecule has 0 bridgehead atoms. The number of para-hydroxylation sites is 1. The molecule has 0 aromatic heterocycles. The van der Waals surface area contributed by atoms with E-state index in [0.717, 1.165) is 5.56 Å². The van der Waals surface area contributed by atoms with Crippen molar-refractivity contribution in [3.05, 3.63) is 54.1 Å². The number of sulfone groups is 1. The van der Waals surface area contributed by atoms with Gasteiger partial charge >= 0.3 is 0 Å². The molecule has 0 amide bonds. The van der Waals surface area contributed by atoms with E-state index >= 15 is 0 Å².